The molecular weight excluding hydrogens is 412 g/mol. The summed E-state index contributed by atoms with van der Waals surface area (Å²) in [4.78, 5) is 6.88. The molecule has 6 nitrogen and oxygen atoms in total. The molecule has 2 aliphatic heterocycles. The lowest BCUT2D eigenvalue weighted by Crippen LogP contribution is -2.59. The summed E-state index contributed by atoms with van der Waals surface area (Å²) in [5.74, 6) is 0. The highest BCUT2D eigenvalue weighted by Gasteiger charge is 2.52. The molecule has 0 aromatic heterocycles. The van der Waals surface area contributed by atoms with Gasteiger partial charge in [0.25, 0.3) is 0 Å². The second kappa shape index (κ2) is 10.1. The predicted octanol–water partition coefficient (Wildman–Crippen LogP) is 3.30. The summed E-state index contributed by atoms with van der Waals surface area (Å²) in [5, 5.41) is 11.4. The van der Waals surface area contributed by atoms with E-state index in [1.165, 1.54) is 0 Å². The maximum absolute atomic E-state index is 10.5. The topological polar surface area (TPSA) is 63.5 Å². The molecule has 1 N–H and O–H groups in total. The van der Waals surface area contributed by atoms with Gasteiger partial charge < -0.3 is 24.2 Å². The molecule has 1 saturated heterocycles. The quantitative estimate of drug-likeness (QED) is 0.710. The van der Waals surface area contributed by atoms with Gasteiger partial charge in [-0.2, -0.15) is 0 Å². The molecule has 0 bridgehead atoms. The van der Waals surface area contributed by atoms with Gasteiger partial charge in [-0.05, 0) is 18.1 Å². The first-order valence-electron chi connectivity index (χ1n) is 10.6. The van der Waals surface area contributed by atoms with Crippen LogP contribution >= 0.6 is 11.8 Å². The second-order valence-electron chi connectivity index (χ2n) is 8.15. The molecule has 0 spiro atoms. The molecule has 0 saturated carbocycles. The van der Waals surface area contributed by atoms with Gasteiger partial charge >= 0.3 is 0 Å². The first kappa shape index (κ1) is 22.3. The Hall–Kier alpha value is -1.90. The average Bonchev–Trinajstić information content (AvgIpc) is 3.22. The highest BCUT2D eigenvalue weighted by Crippen LogP contribution is 2.40. The number of benzene rings is 2. The fourth-order valence-corrected chi connectivity index (χ4v) is 5.01. The van der Waals surface area contributed by atoms with Crippen molar-refractivity contribution < 1.29 is 19.3 Å². The maximum Gasteiger partial charge on any atom is 0.161 e. The molecule has 6 atom stereocenters. The number of thioether (sulfide) groups is 1. The standard InChI is InChI=1S/C24H30N2O4S/c1-16(27)20-22(29-15-18-12-8-5-9-13-18)21(28-14-17-10-6-4-7-11-17)19-23(30-20)31-24(25-19)26(2)3/h4-13,16,19-23,27H,14-15H2,1-3H3/t16?,19-,20-,21-,22-,23-/m1/s1. The molecule has 2 aliphatic rings. The number of aliphatic hydroxyl groups is 1. The first-order chi connectivity index (χ1) is 15.0. The van der Waals surface area contributed by atoms with E-state index in [1.807, 2.05) is 79.7 Å². The van der Waals surface area contributed by atoms with Crippen LogP contribution in [0.4, 0.5) is 0 Å². The van der Waals surface area contributed by atoms with Crippen LogP contribution in [0.5, 0.6) is 0 Å². The van der Waals surface area contributed by atoms with Crippen molar-refractivity contribution in [2.24, 2.45) is 4.99 Å². The van der Waals surface area contributed by atoms with Gasteiger partial charge in [0.2, 0.25) is 0 Å². The molecule has 1 unspecified atom stereocenters. The van der Waals surface area contributed by atoms with Crippen LogP contribution in [0, 0.1) is 0 Å². The molecule has 0 aliphatic carbocycles. The van der Waals surface area contributed by atoms with E-state index < -0.39 is 18.3 Å². The van der Waals surface area contributed by atoms with Crippen LogP contribution in [0.3, 0.4) is 0 Å². The van der Waals surface area contributed by atoms with Crippen molar-refractivity contribution >= 4 is 16.9 Å². The predicted molar refractivity (Wildman–Crippen MR) is 123 cm³/mol. The number of aliphatic hydroxyl groups excluding tert-OH is 1. The maximum atomic E-state index is 10.5. The molecule has 0 radical (unpaired) electrons. The summed E-state index contributed by atoms with van der Waals surface area (Å²) < 4.78 is 19.1. The first-order valence-corrected chi connectivity index (χ1v) is 11.5. The van der Waals surface area contributed by atoms with E-state index in [1.54, 1.807) is 18.7 Å². The lowest BCUT2D eigenvalue weighted by molar-refractivity contribution is -0.218. The minimum absolute atomic E-state index is 0.207. The minimum atomic E-state index is -0.700. The van der Waals surface area contributed by atoms with Gasteiger partial charge in [0, 0.05) is 14.1 Å². The highest BCUT2D eigenvalue weighted by molar-refractivity contribution is 8.14. The van der Waals surface area contributed by atoms with Crippen LogP contribution in [0.1, 0.15) is 18.1 Å². The van der Waals surface area contributed by atoms with Gasteiger partial charge in [0.15, 0.2) is 5.17 Å². The molecular formula is C24H30N2O4S. The van der Waals surface area contributed by atoms with Crippen LogP contribution in [-0.4, -0.2) is 65.2 Å². The molecule has 2 aromatic rings. The number of nitrogens with zero attached hydrogens (tertiary/aromatic N) is 2. The smallest absolute Gasteiger partial charge is 0.161 e. The second-order valence-corrected chi connectivity index (χ2v) is 9.21. The summed E-state index contributed by atoms with van der Waals surface area (Å²) in [7, 11) is 3.94. The van der Waals surface area contributed by atoms with Crippen molar-refractivity contribution in [3.05, 3.63) is 71.8 Å². The van der Waals surface area contributed by atoms with Gasteiger partial charge in [-0.1, -0.05) is 72.4 Å². The Balaban J connectivity index is 1.59. The third kappa shape index (κ3) is 5.30. The largest absolute Gasteiger partial charge is 0.391 e. The van der Waals surface area contributed by atoms with Crippen molar-refractivity contribution in [3.63, 3.8) is 0 Å². The van der Waals surface area contributed by atoms with E-state index in [-0.39, 0.29) is 17.6 Å². The van der Waals surface area contributed by atoms with Gasteiger partial charge in [-0.3, -0.25) is 4.99 Å². The summed E-state index contributed by atoms with van der Waals surface area (Å²) in [6, 6.07) is 19.9. The lowest BCUT2D eigenvalue weighted by Gasteiger charge is -2.43. The summed E-state index contributed by atoms with van der Waals surface area (Å²) >= 11 is 1.57. The van der Waals surface area contributed by atoms with Gasteiger partial charge in [0.1, 0.15) is 29.8 Å². The number of aliphatic imine (C=N–C) groups is 1. The fraction of sp³-hybridized carbons (Fsp3) is 0.458. The number of amidine groups is 1. The number of hydrogen-bond acceptors (Lipinski definition) is 7. The fourth-order valence-electron chi connectivity index (χ4n) is 3.87. The van der Waals surface area contributed by atoms with Crippen LogP contribution in [0.15, 0.2) is 65.7 Å². The van der Waals surface area contributed by atoms with Crippen molar-refractivity contribution in [2.45, 2.75) is 56.0 Å². The number of hydrogen-bond donors (Lipinski definition) is 1. The SMILES string of the molecule is CC(O)[C@H]1O[C@@H]2SC(N(C)C)=N[C@@H]2[C@@H](OCc2ccccc2)[C@@H]1OCc1ccccc1. The number of ether oxygens (including phenoxy) is 3. The molecule has 31 heavy (non-hydrogen) atoms. The Morgan fingerprint density at radius 3 is 2.03 bits per heavy atom. The lowest BCUT2D eigenvalue weighted by atomic mass is 9.94. The normalized spacial score (nSPS) is 28.6. The summed E-state index contributed by atoms with van der Waals surface area (Å²) in [5.41, 5.74) is 1.94. The zero-order chi connectivity index (χ0) is 21.8. The Bertz CT molecular complexity index is 862. The Labute approximate surface area is 188 Å². The van der Waals surface area contributed by atoms with E-state index in [9.17, 15) is 5.11 Å². The third-order valence-electron chi connectivity index (χ3n) is 5.46. The van der Waals surface area contributed by atoms with Crippen molar-refractivity contribution in [1.82, 2.24) is 4.90 Å². The Kier molecular flexibility index (Phi) is 7.30. The molecule has 2 aromatic carbocycles. The zero-order valence-electron chi connectivity index (χ0n) is 18.1. The Morgan fingerprint density at radius 2 is 1.52 bits per heavy atom. The minimum Gasteiger partial charge on any atom is -0.391 e. The van der Waals surface area contributed by atoms with E-state index in [4.69, 9.17) is 19.2 Å². The highest BCUT2D eigenvalue weighted by atomic mass is 32.2. The van der Waals surface area contributed by atoms with Crippen LogP contribution in [-0.2, 0) is 27.4 Å². The van der Waals surface area contributed by atoms with E-state index in [0.717, 1.165) is 16.3 Å². The van der Waals surface area contributed by atoms with Crippen LogP contribution < -0.4 is 0 Å². The van der Waals surface area contributed by atoms with E-state index in [0.29, 0.717) is 13.2 Å². The van der Waals surface area contributed by atoms with E-state index >= 15 is 0 Å². The molecule has 4 rings (SSSR count). The third-order valence-corrected chi connectivity index (χ3v) is 6.77. The average molecular weight is 443 g/mol. The van der Waals surface area contributed by atoms with Crippen molar-refractivity contribution in [2.75, 3.05) is 14.1 Å². The van der Waals surface area contributed by atoms with Crippen molar-refractivity contribution in [3.8, 4) is 0 Å². The molecule has 7 heteroatoms. The number of rotatable bonds is 7. The number of fused-ring (bicyclic) bond motifs is 1. The summed E-state index contributed by atoms with van der Waals surface area (Å²) in [6.07, 6.45) is -1.99. The van der Waals surface area contributed by atoms with Gasteiger partial charge in [-0.25, -0.2) is 0 Å². The molecule has 2 heterocycles. The molecule has 1 fully saturated rings. The van der Waals surface area contributed by atoms with Gasteiger partial charge in [0.05, 0.1) is 19.3 Å². The van der Waals surface area contributed by atoms with E-state index in [2.05, 4.69) is 0 Å². The van der Waals surface area contributed by atoms with Crippen molar-refractivity contribution in [1.29, 1.82) is 0 Å². The Morgan fingerprint density at radius 1 is 0.968 bits per heavy atom. The zero-order valence-corrected chi connectivity index (χ0v) is 18.9. The molecule has 0 amide bonds. The van der Waals surface area contributed by atoms with Crippen LogP contribution in [0.2, 0.25) is 0 Å². The molecule has 166 valence electrons. The monoisotopic (exact) mass is 442 g/mol. The van der Waals surface area contributed by atoms with Crippen LogP contribution in [0.25, 0.3) is 0 Å². The van der Waals surface area contributed by atoms with Gasteiger partial charge in [-0.15, -0.1) is 0 Å². The summed E-state index contributed by atoms with van der Waals surface area (Å²) in [6.45, 7) is 2.60.